The number of benzene rings is 1. The summed E-state index contributed by atoms with van der Waals surface area (Å²) in [4.78, 5) is 12.1. The topological polar surface area (TPSA) is 56.8 Å². The van der Waals surface area contributed by atoms with Crippen molar-refractivity contribution in [3.8, 4) is 29.6 Å². The van der Waals surface area contributed by atoms with E-state index in [-0.39, 0.29) is 5.91 Å². The highest BCUT2D eigenvalue weighted by Gasteiger charge is 2.20. The van der Waals surface area contributed by atoms with Gasteiger partial charge in [0.15, 0.2) is 11.5 Å². The number of rotatable bonds is 7. The van der Waals surface area contributed by atoms with Crippen LogP contribution in [-0.2, 0) is 0 Å². The second-order valence-corrected chi connectivity index (χ2v) is 3.95. The van der Waals surface area contributed by atoms with E-state index < -0.39 is 0 Å². The van der Waals surface area contributed by atoms with E-state index in [9.17, 15) is 4.79 Å². The zero-order chi connectivity index (χ0) is 15.0. The number of carbonyl (C=O) groups is 1. The van der Waals surface area contributed by atoms with Crippen LogP contribution in [0, 0.1) is 12.3 Å². The number of carbonyl (C=O) groups excluding carboxylic acids is 1. The lowest BCUT2D eigenvalue weighted by Gasteiger charge is -2.15. The van der Waals surface area contributed by atoms with Gasteiger partial charge in [-0.25, -0.2) is 0 Å². The standard InChI is InChI=1S/C15H19NO4/c1-5-6-7-10-16-15(17)11-8-9-12(18-2)14(20-4)13(11)19-3/h1,8-9H,6-7,10H2,2-4H3,(H,16,17). The van der Waals surface area contributed by atoms with Gasteiger partial charge in [-0.15, -0.1) is 12.3 Å². The number of hydrogen-bond acceptors (Lipinski definition) is 4. The molecule has 5 nitrogen and oxygen atoms in total. The predicted molar refractivity (Wildman–Crippen MR) is 76.5 cm³/mol. The molecule has 20 heavy (non-hydrogen) atoms. The van der Waals surface area contributed by atoms with Crippen LogP contribution in [-0.4, -0.2) is 33.8 Å². The Bertz CT molecular complexity index is 505. The Morgan fingerprint density at radius 1 is 1.20 bits per heavy atom. The van der Waals surface area contributed by atoms with Crippen LogP contribution < -0.4 is 19.5 Å². The van der Waals surface area contributed by atoms with Crippen molar-refractivity contribution in [2.75, 3.05) is 27.9 Å². The lowest BCUT2D eigenvalue weighted by atomic mass is 10.1. The highest BCUT2D eigenvalue weighted by Crippen LogP contribution is 2.39. The number of methoxy groups -OCH3 is 3. The van der Waals surface area contributed by atoms with Gasteiger partial charge in [-0.2, -0.15) is 0 Å². The van der Waals surface area contributed by atoms with Crippen LogP contribution in [0.4, 0.5) is 0 Å². The molecule has 0 aliphatic rings. The molecule has 1 aromatic carbocycles. The lowest BCUT2D eigenvalue weighted by Crippen LogP contribution is -2.25. The molecule has 0 spiro atoms. The molecule has 0 atom stereocenters. The second-order valence-electron chi connectivity index (χ2n) is 3.95. The van der Waals surface area contributed by atoms with Crippen LogP contribution in [0.1, 0.15) is 23.2 Å². The molecule has 0 saturated carbocycles. The smallest absolute Gasteiger partial charge is 0.255 e. The van der Waals surface area contributed by atoms with Gasteiger partial charge >= 0.3 is 0 Å². The van der Waals surface area contributed by atoms with Gasteiger partial charge in [-0.05, 0) is 18.6 Å². The third kappa shape index (κ3) is 3.58. The molecule has 0 fully saturated rings. The number of ether oxygens (including phenoxy) is 3. The Morgan fingerprint density at radius 3 is 2.45 bits per heavy atom. The maximum absolute atomic E-state index is 12.1. The van der Waals surface area contributed by atoms with E-state index in [1.165, 1.54) is 21.3 Å². The number of nitrogens with one attached hydrogen (secondary N) is 1. The Labute approximate surface area is 119 Å². The van der Waals surface area contributed by atoms with Crippen LogP contribution in [0.3, 0.4) is 0 Å². The van der Waals surface area contributed by atoms with Crippen molar-refractivity contribution in [2.45, 2.75) is 12.8 Å². The Balaban J connectivity index is 2.94. The zero-order valence-electron chi connectivity index (χ0n) is 12.0. The van der Waals surface area contributed by atoms with E-state index in [0.717, 1.165) is 6.42 Å². The van der Waals surface area contributed by atoms with Crippen molar-refractivity contribution in [1.29, 1.82) is 0 Å². The van der Waals surface area contributed by atoms with E-state index in [1.54, 1.807) is 12.1 Å². The largest absolute Gasteiger partial charge is 0.493 e. The van der Waals surface area contributed by atoms with Gasteiger partial charge in [0.1, 0.15) is 0 Å². The molecule has 0 radical (unpaired) electrons. The minimum absolute atomic E-state index is 0.236. The molecule has 0 bridgehead atoms. The van der Waals surface area contributed by atoms with E-state index in [1.807, 2.05) is 0 Å². The highest BCUT2D eigenvalue weighted by atomic mass is 16.5. The molecular formula is C15H19NO4. The first-order valence-electron chi connectivity index (χ1n) is 6.20. The SMILES string of the molecule is C#CCCCNC(=O)c1ccc(OC)c(OC)c1OC. The summed E-state index contributed by atoms with van der Waals surface area (Å²) in [6, 6.07) is 3.30. The Hall–Kier alpha value is -2.35. The molecule has 0 aromatic heterocycles. The third-order valence-corrected chi connectivity index (χ3v) is 2.73. The van der Waals surface area contributed by atoms with Crippen molar-refractivity contribution in [3.05, 3.63) is 17.7 Å². The van der Waals surface area contributed by atoms with Gasteiger partial charge in [0.2, 0.25) is 5.75 Å². The second kappa shape index (κ2) is 7.95. The number of unbranched alkanes of at least 4 members (excludes halogenated alkanes) is 1. The minimum Gasteiger partial charge on any atom is -0.493 e. The lowest BCUT2D eigenvalue weighted by molar-refractivity contribution is 0.0949. The maximum atomic E-state index is 12.1. The summed E-state index contributed by atoms with van der Waals surface area (Å²) in [5.74, 6) is 3.54. The average Bonchev–Trinajstić information content (AvgIpc) is 2.49. The highest BCUT2D eigenvalue weighted by molar-refractivity contribution is 5.98. The first kappa shape index (κ1) is 15.7. The Kier molecular flexibility index (Phi) is 6.24. The summed E-state index contributed by atoms with van der Waals surface area (Å²) >= 11 is 0. The van der Waals surface area contributed by atoms with E-state index in [4.69, 9.17) is 20.6 Å². The van der Waals surface area contributed by atoms with Crippen molar-refractivity contribution in [2.24, 2.45) is 0 Å². The Morgan fingerprint density at radius 2 is 1.90 bits per heavy atom. The van der Waals surface area contributed by atoms with E-state index >= 15 is 0 Å². The van der Waals surface area contributed by atoms with Crippen LogP contribution in [0.15, 0.2) is 12.1 Å². The monoisotopic (exact) mass is 277 g/mol. The van der Waals surface area contributed by atoms with Gasteiger partial charge in [-0.3, -0.25) is 4.79 Å². The fraction of sp³-hybridized carbons (Fsp3) is 0.400. The summed E-state index contributed by atoms with van der Waals surface area (Å²) in [5, 5.41) is 2.79. The quantitative estimate of drug-likeness (QED) is 0.610. The fourth-order valence-corrected chi connectivity index (χ4v) is 1.77. The van der Waals surface area contributed by atoms with E-state index in [2.05, 4.69) is 11.2 Å². The molecule has 5 heteroatoms. The van der Waals surface area contributed by atoms with Crippen LogP contribution in [0.5, 0.6) is 17.2 Å². The summed E-state index contributed by atoms with van der Waals surface area (Å²) in [7, 11) is 4.50. The molecule has 1 amide bonds. The van der Waals surface area contributed by atoms with Crippen molar-refractivity contribution in [1.82, 2.24) is 5.32 Å². The molecule has 0 aliphatic heterocycles. The predicted octanol–water partition coefficient (Wildman–Crippen LogP) is 1.86. The summed E-state index contributed by atoms with van der Waals surface area (Å²) in [6.45, 7) is 0.514. The fourth-order valence-electron chi connectivity index (χ4n) is 1.77. The minimum atomic E-state index is -0.236. The maximum Gasteiger partial charge on any atom is 0.255 e. The molecule has 1 rings (SSSR count). The van der Waals surface area contributed by atoms with Crippen LogP contribution in [0.2, 0.25) is 0 Å². The average molecular weight is 277 g/mol. The summed E-state index contributed by atoms with van der Waals surface area (Å²) < 4.78 is 15.7. The number of terminal acetylenes is 1. The molecule has 1 N–H and O–H groups in total. The molecule has 0 unspecified atom stereocenters. The number of amides is 1. The molecule has 0 heterocycles. The molecule has 1 aromatic rings. The van der Waals surface area contributed by atoms with Gasteiger partial charge < -0.3 is 19.5 Å². The third-order valence-electron chi connectivity index (χ3n) is 2.73. The normalized spacial score (nSPS) is 9.50. The van der Waals surface area contributed by atoms with Gasteiger partial charge in [0, 0.05) is 13.0 Å². The van der Waals surface area contributed by atoms with Gasteiger partial charge in [0.25, 0.3) is 5.91 Å². The van der Waals surface area contributed by atoms with Crippen LogP contribution in [0.25, 0.3) is 0 Å². The van der Waals surface area contributed by atoms with Crippen molar-refractivity contribution < 1.29 is 19.0 Å². The van der Waals surface area contributed by atoms with Gasteiger partial charge in [-0.1, -0.05) is 0 Å². The first-order valence-corrected chi connectivity index (χ1v) is 6.20. The molecule has 108 valence electrons. The number of hydrogen-bond donors (Lipinski definition) is 1. The molecule has 0 saturated heterocycles. The molecular weight excluding hydrogens is 258 g/mol. The zero-order valence-corrected chi connectivity index (χ0v) is 12.0. The molecule has 0 aliphatic carbocycles. The van der Waals surface area contributed by atoms with E-state index in [0.29, 0.717) is 35.8 Å². The van der Waals surface area contributed by atoms with Gasteiger partial charge in [0.05, 0.1) is 26.9 Å². The van der Waals surface area contributed by atoms with Crippen molar-refractivity contribution >= 4 is 5.91 Å². The first-order chi connectivity index (χ1) is 9.69. The van der Waals surface area contributed by atoms with Crippen molar-refractivity contribution in [3.63, 3.8) is 0 Å². The van der Waals surface area contributed by atoms with Crippen LogP contribution >= 0.6 is 0 Å². The summed E-state index contributed by atoms with van der Waals surface area (Å²) in [5.41, 5.74) is 0.394. The summed E-state index contributed by atoms with van der Waals surface area (Å²) in [6.07, 6.45) is 6.52.